The van der Waals surface area contributed by atoms with E-state index < -0.39 is 0 Å². The molecule has 3 N–H and O–H groups in total. The molecule has 0 aliphatic carbocycles. The number of hydrogen-bond acceptors (Lipinski definition) is 4. The average molecular weight is 286 g/mol. The fourth-order valence-corrected chi connectivity index (χ4v) is 1.98. The van der Waals surface area contributed by atoms with Crippen molar-refractivity contribution in [2.24, 2.45) is 0 Å². The number of nitrogens with two attached hydrogens (primary N) is 1. The van der Waals surface area contributed by atoms with E-state index in [4.69, 9.17) is 5.73 Å². The lowest BCUT2D eigenvalue weighted by atomic mass is 10.2. The molecular weight excluding hydrogens is 268 g/mol. The van der Waals surface area contributed by atoms with Gasteiger partial charge in [-0.2, -0.15) is 0 Å². The van der Waals surface area contributed by atoms with E-state index in [0.717, 1.165) is 5.56 Å². The minimum atomic E-state index is -0.295. The number of anilines is 2. The van der Waals surface area contributed by atoms with E-state index in [1.807, 2.05) is 6.92 Å². The molecule has 1 aromatic heterocycles. The van der Waals surface area contributed by atoms with Crippen LogP contribution in [0.5, 0.6) is 0 Å². The molecule has 0 saturated heterocycles. The average Bonchev–Trinajstić information content (AvgIpc) is 2.42. The monoisotopic (exact) mass is 286 g/mol. The third-order valence-corrected chi connectivity index (χ3v) is 2.96. The smallest absolute Gasteiger partial charge is 0.347 e. The number of amides is 1. The molecule has 1 heterocycles. The first-order valence-electron chi connectivity index (χ1n) is 6.73. The van der Waals surface area contributed by atoms with Crippen LogP contribution < -0.4 is 16.7 Å². The van der Waals surface area contributed by atoms with Crippen molar-refractivity contribution in [2.75, 3.05) is 11.1 Å². The summed E-state index contributed by atoms with van der Waals surface area (Å²) in [7, 11) is 0. The zero-order chi connectivity index (χ0) is 15.2. The number of hydrogen-bond donors (Lipinski definition) is 2. The van der Waals surface area contributed by atoms with Gasteiger partial charge in [-0.15, -0.1) is 0 Å². The number of nitrogens with one attached hydrogen (secondary N) is 1. The lowest BCUT2D eigenvalue weighted by molar-refractivity contribution is -0.116. The fourth-order valence-electron chi connectivity index (χ4n) is 1.98. The van der Waals surface area contributed by atoms with Crippen LogP contribution >= 0.6 is 0 Å². The predicted molar refractivity (Wildman–Crippen MR) is 82.0 cm³/mol. The van der Waals surface area contributed by atoms with Crippen molar-refractivity contribution in [3.63, 3.8) is 0 Å². The molecule has 0 aliphatic rings. The van der Waals surface area contributed by atoms with Gasteiger partial charge >= 0.3 is 5.69 Å². The zero-order valence-corrected chi connectivity index (χ0v) is 11.9. The van der Waals surface area contributed by atoms with Gasteiger partial charge in [0.05, 0.1) is 0 Å². The van der Waals surface area contributed by atoms with Crippen LogP contribution in [0.2, 0.25) is 0 Å². The molecule has 6 heteroatoms. The molecule has 1 amide bonds. The normalized spacial score (nSPS) is 10.3. The highest BCUT2D eigenvalue weighted by Gasteiger charge is 2.04. The molecular formula is C15H18N4O2. The Hall–Kier alpha value is -2.63. The van der Waals surface area contributed by atoms with Crippen LogP contribution in [0.4, 0.5) is 11.4 Å². The van der Waals surface area contributed by atoms with Crippen molar-refractivity contribution in [1.29, 1.82) is 0 Å². The lowest BCUT2D eigenvalue weighted by Crippen LogP contribution is -2.23. The van der Waals surface area contributed by atoms with Crippen LogP contribution in [0, 0.1) is 6.92 Å². The van der Waals surface area contributed by atoms with Gasteiger partial charge in [-0.25, -0.2) is 9.78 Å². The van der Waals surface area contributed by atoms with Crippen molar-refractivity contribution in [3.05, 3.63) is 52.7 Å². The number of benzene rings is 1. The minimum absolute atomic E-state index is 0.103. The molecule has 110 valence electrons. The second-order valence-corrected chi connectivity index (χ2v) is 4.88. The van der Waals surface area contributed by atoms with E-state index in [1.54, 1.807) is 30.5 Å². The van der Waals surface area contributed by atoms with Gasteiger partial charge in [-0.1, -0.05) is 6.07 Å². The van der Waals surface area contributed by atoms with Crippen molar-refractivity contribution in [2.45, 2.75) is 26.3 Å². The summed E-state index contributed by atoms with van der Waals surface area (Å²) in [6.07, 6.45) is 4.17. The minimum Gasteiger partial charge on any atom is -0.399 e. The highest BCUT2D eigenvalue weighted by Crippen LogP contribution is 2.12. The number of aryl methyl sites for hydroxylation is 2. The summed E-state index contributed by atoms with van der Waals surface area (Å²) < 4.78 is 1.52. The van der Waals surface area contributed by atoms with Gasteiger partial charge in [0.15, 0.2) is 0 Å². The lowest BCUT2D eigenvalue weighted by Gasteiger charge is -2.07. The summed E-state index contributed by atoms with van der Waals surface area (Å²) in [6, 6.07) is 7.02. The van der Waals surface area contributed by atoms with Gasteiger partial charge in [0.25, 0.3) is 0 Å². The van der Waals surface area contributed by atoms with Gasteiger partial charge in [-0.3, -0.25) is 9.36 Å². The molecule has 2 aromatic rings. The summed E-state index contributed by atoms with van der Waals surface area (Å²) in [6.45, 7) is 2.34. The van der Waals surface area contributed by atoms with Gasteiger partial charge in [0.1, 0.15) is 0 Å². The number of nitrogen functional groups attached to an aromatic ring is 1. The van der Waals surface area contributed by atoms with Crippen molar-refractivity contribution >= 4 is 17.3 Å². The van der Waals surface area contributed by atoms with E-state index in [0.29, 0.717) is 30.8 Å². The molecule has 0 unspecified atom stereocenters. The quantitative estimate of drug-likeness (QED) is 0.816. The maximum absolute atomic E-state index is 11.8. The van der Waals surface area contributed by atoms with Crippen LogP contribution in [0.1, 0.15) is 18.4 Å². The molecule has 0 aliphatic heterocycles. The second-order valence-electron chi connectivity index (χ2n) is 4.88. The molecule has 0 radical (unpaired) electrons. The van der Waals surface area contributed by atoms with Crippen LogP contribution in [-0.4, -0.2) is 15.5 Å². The number of rotatable bonds is 5. The molecule has 6 nitrogen and oxygen atoms in total. The number of nitrogens with zero attached hydrogens (tertiary/aromatic N) is 2. The molecule has 0 saturated carbocycles. The van der Waals surface area contributed by atoms with Gasteiger partial charge in [-0.05, 0) is 37.1 Å². The van der Waals surface area contributed by atoms with Gasteiger partial charge < -0.3 is 11.1 Å². The third kappa shape index (κ3) is 4.45. The molecule has 1 aromatic carbocycles. The summed E-state index contributed by atoms with van der Waals surface area (Å²) in [5.41, 5.74) is 7.54. The van der Waals surface area contributed by atoms with Crippen molar-refractivity contribution in [1.82, 2.24) is 9.55 Å². The Balaban J connectivity index is 1.84. The summed E-state index contributed by atoms with van der Waals surface area (Å²) in [5.74, 6) is -0.103. The standard InChI is InChI=1S/C15H18N4O2/c1-11-9-17-15(21)19(10-11)7-3-6-14(20)18-13-5-2-4-12(16)8-13/h2,4-5,8-10H,3,6-7,16H2,1H3,(H,18,20). The Kier molecular flexibility index (Phi) is 4.71. The molecule has 21 heavy (non-hydrogen) atoms. The molecule has 0 fully saturated rings. The van der Waals surface area contributed by atoms with E-state index in [1.165, 1.54) is 10.8 Å². The fraction of sp³-hybridized carbons (Fsp3) is 0.267. The Morgan fingerprint density at radius 2 is 2.24 bits per heavy atom. The molecule has 2 rings (SSSR count). The first-order chi connectivity index (χ1) is 10.0. The van der Waals surface area contributed by atoms with Crippen LogP contribution in [0.25, 0.3) is 0 Å². The van der Waals surface area contributed by atoms with Gasteiger partial charge in [0, 0.05) is 36.7 Å². The van der Waals surface area contributed by atoms with E-state index in [-0.39, 0.29) is 11.6 Å². The maximum Gasteiger partial charge on any atom is 0.347 e. The largest absolute Gasteiger partial charge is 0.399 e. The number of carbonyl (C=O) groups is 1. The SMILES string of the molecule is Cc1cnc(=O)n(CCCC(=O)Nc2cccc(N)c2)c1. The van der Waals surface area contributed by atoms with Crippen molar-refractivity contribution < 1.29 is 4.79 Å². The predicted octanol–water partition coefficient (Wildman–Crippen LogP) is 1.55. The molecule has 0 bridgehead atoms. The highest BCUT2D eigenvalue weighted by molar-refractivity contribution is 5.91. The van der Waals surface area contributed by atoms with Crippen molar-refractivity contribution in [3.8, 4) is 0 Å². The zero-order valence-electron chi connectivity index (χ0n) is 11.9. The first-order valence-corrected chi connectivity index (χ1v) is 6.73. The molecule has 0 spiro atoms. The third-order valence-electron chi connectivity index (χ3n) is 2.96. The van der Waals surface area contributed by atoms with E-state index in [9.17, 15) is 9.59 Å². The van der Waals surface area contributed by atoms with Gasteiger partial charge in [0.2, 0.25) is 5.91 Å². The number of carbonyl (C=O) groups excluding carboxylic acids is 1. The Bertz CT molecular complexity index is 694. The van der Waals surface area contributed by atoms with Crippen LogP contribution in [0.15, 0.2) is 41.5 Å². The second kappa shape index (κ2) is 6.69. The Morgan fingerprint density at radius 3 is 3.00 bits per heavy atom. The first kappa shape index (κ1) is 14.8. The number of aromatic nitrogens is 2. The summed E-state index contributed by atoms with van der Waals surface area (Å²) in [4.78, 5) is 27.1. The highest BCUT2D eigenvalue weighted by atomic mass is 16.2. The maximum atomic E-state index is 11.8. The van der Waals surface area contributed by atoms with E-state index >= 15 is 0 Å². The molecule has 0 atom stereocenters. The Labute approximate surface area is 122 Å². The topological polar surface area (TPSA) is 90.0 Å². The summed E-state index contributed by atoms with van der Waals surface area (Å²) >= 11 is 0. The summed E-state index contributed by atoms with van der Waals surface area (Å²) in [5, 5.41) is 2.77. The van der Waals surface area contributed by atoms with Crippen LogP contribution in [-0.2, 0) is 11.3 Å². The van der Waals surface area contributed by atoms with Crippen LogP contribution in [0.3, 0.4) is 0 Å². The van der Waals surface area contributed by atoms with E-state index in [2.05, 4.69) is 10.3 Å². The Morgan fingerprint density at radius 1 is 1.43 bits per heavy atom.